The molecule has 96 valence electrons. The number of nitrogens with two attached hydrogens (primary N) is 1. The van der Waals surface area contributed by atoms with E-state index in [1.807, 2.05) is 6.08 Å². The Balaban J connectivity index is 1.76. The summed E-state index contributed by atoms with van der Waals surface area (Å²) in [4.78, 5) is 0. The van der Waals surface area contributed by atoms with E-state index in [2.05, 4.69) is 11.9 Å². The third kappa shape index (κ3) is 1.77. The van der Waals surface area contributed by atoms with Crippen LogP contribution in [0, 0.1) is 23.7 Å². The van der Waals surface area contributed by atoms with Gasteiger partial charge in [0.05, 0.1) is 0 Å². The third-order valence-electron chi connectivity index (χ3n) is 5.74. The normalized spacial score (nSPS) is 47.4. The molecule has 4 aliphatic carbocycles. The summed E-state index contributed by atoms with van der Waals surface area (Å²) in [7, 11) is 0. The van der Waals surface area contributed by atoms with Crippen molar-refractivity contribution in [3.63, 3.8) is 0 Å². The van der Waals surface area contributed by atoms with Gasteiger partial charge in [-0.15, -0.1) is 6.58 Å². The quantitative estimate of drug-likeness (QED) is 0.566. The van der Waals surface area contributed by atoms with Crippen molar-refractivity contribution in [2.45, 2.75) is 44.1 Å². The number of rotatable bonds is 5. The second-order valence-electron chi connectivity index (χ2n) is 6.55. The molecule has 2 heteroatoms. The van der Waals surface area contributed by atoms with Crippen LogP contribution < -0.4 is 11.1 Å². The number of nitrogens with one attached hydrogen (secondary N) is 1. The van der Waals surface area contributed by atoms with Crippen LogP contribution in [0.2, 0.25) is 0 Å². The first kappa shape index (κ1) is 11.7. The summed E-state index contributed by atoms with van der Waals surface area (Å²) in [6.45, 7) is 5.70. The van der Waals surface area contributed by atoms with Gasteiger partial charge in [-0.3, -0.25) is 0 Å². The highest BCUT2D eigenvalue weighted by molar-refractivity contribution is 5.11. The molecule has 0 aromatic heterocycles. The molecule has 0 aliphatic heterocycles. The first-order chi connectivity index (χ1) is 8.28. The molecule has 0 amide bonds. The van der Waals surface area contributed by atoms with Crippen LogP contribution in [0.15, 0.2) is 12.7 Å². The van der Waals surface area contributed by atoms with Gasteiger partial charge in [-0.1, -0.05) is 6.08 Å². The molecule has 4 fully saturated rings. The average Bonchev–Trinajstić information content (AvgIpc) is 2.32. The van der Waals surface area contributed by atoms with E-state index in [9.17, 15) is 0 Å². The van der Waals surface area contributed by atoms with Gasteiger partial charge in [-0.25, -0.2) is 0 Å². The van der Waals surface area contributed by atoms with E-state index in [-0.39, 0.29) is 5.54 Å². The first-order valence-electron chi connectivity index (χ1n) is 7.34. The Kier molecular flexibility index (Phi) is 3.04. The van der Waals surface area contributed by atoms with Gasteiger partial charge in [0.25, 0.3) is 0 Å². The zero-order valence-corrected chi connectivity index (χ0v) is 10.8. The SMILES string of the molecule is C=CCCNC1(CN)C2CC3CC(C2)CC1C3. The first-order valence-corrected chi connectivity index (χ1v) is 7.34. The third-order valence-corrected chi connectivity index (χ3v) is 5.74. The van der Waals surface area contributed by atoms with Crippen LogP contribution in [0.25, 0.3) is 0 Å². The molecule has 0 aromatic rings. The Hall–Kier alpha value is -0.340. The molecule has 0 aromatic carbocycles. The molecule has 0 saturated heterocycles. The lowest BCUT2D eigenvalue weighted by Crippen LogP contribution is -2.68. The molecule has 0 atom stereocenters. The molecule has 4 aliphatic rings. The van der Waals surface area contributed by atoms with Crippen LogP contribution in [0.3, 0.4) is 0 Å². The van der Waals surface area contributed by atoms with E-state index in [1.165, 1.54) is 32.1 Å². The minimum absolute atomic E-state index is 0.274. The van der Waals surface area contributed by atoms with E-state index in [1.54, 1.807) is 0 Å². The Morgan fingerprint density at radius 1 is 1.12 bits per heavy atom. The second-order valence-corrected chi connectivity index (χ2v) is 6.55. The Morgan fingerprint density at radius 2 is 1.71 bits per heavy atom. The highest BCUT2D eigenvalue weighted by Gasteiger charge is 2.56. The minimum atomic E-state index is 0.274. The van der Waals surface area contributed by atoms with E-state index in [0.29, 0.717) is 0 Å². The fraction of sp³-hybridized carbons (Fsp3) is 0.867. The summed E-state index contributed by atoms with van der Waals surface area (Å²) < 4.78 is 0. The van der Waals surface area contributed by atoms with Crippen molar-refractivity contribution in [1.82, 2.24) is 5.32 Å². The minimum Gasteiger partial charge on any atom is -0.329 e. The van der Waals surface area contributed by atoms with Crippen LogP contribution in [0.1, 0.15) is 38.5 Å². The zero-order chi connectivity index (χ0) is 11.9. The highest BCUT2D eigenvalue weighted by atomic mass is 15.0. The molecule has 4 saturated carbocycles. The Labute approximate surface area is 105 Å². The van der Waals surface area contributed by atoms with E-state index < -0.39 is 0 Å². The number of hydrogen-bond acceptors (Lipinski definition) is 2. The van der Waals surface area contributed by atoms with Gasteiger partial charge < -0.3 is 11.1 Å². The maximum absolute atomic E-state index is 6.18. The predicted molar refractivity (Wildman–Crippen MR) is 71.6 cm³/mol. The molecule has 2 nitrogen and oxygen atoms in total. The monoisotopic (exact) mass is 234 g/mol. The fourth-order valence-electron chi connectivity index (χ4n) is 5.13. The second kappa shape index (κ2) is 4.40. The molecule has 0 spiro atoms. The van der Waals surface area contributed by atoms with Gasteiger partial charge in [-0.2, -0.15) is 0 Å². The lowest BCUT2D eigenvalue weighted by Gasteiger charge is -2.61. The van der Waals surface area contributed by atoms with Crippen molar-refractivity contribution in [2.75, 3.05) is 13.1 Å². The van der Waals surface area contributed by atoms with Crippen LogP contribution in [-0.4, -0.2) is 18.6 Å². The van der Waals surface area contributed by atoms with Crippen LogP contribution in [0.5, 0.6) is 0 Å². The zero-order valence-electron chi connectivity index (χ0n) is 10.8. The van der Waals surface area contributed by atoms with Crippen molar-refractivity contribution >= 4 is 0 Å². The fourth-order valence-corrected chi connectivity index (χ4v) is 5.13. The van der Waals surface area contributed by atoms with Crippen molar-refractivity contribution in [3.05, 3.63) is 12.7 Å². The molecular weight excluding hydrogens is 208 g/mol. The lowest BCUT2D eigenvalue weighted by molar-refractivity contribution is -0.0688. The Morgan fingerprint density at radius 3 is 2.18 bits per heavy atom. The van der Waals surface area contributed by atoms with Gasteiger partial charge in [0, 0.05) is 12.1 Å². The molecule has 3 N–H and O–H groups in total. The summed E-state index contributed by atoms with van der Waals surface area (Å²) in [5.74, 6) is 3.76. The van der Waals surface area contributed by atoms with Crippen molar-refractivity contribution < 1.29 is 0 Å². The lowest BCUT2D eigenvalue weighted by atomic mass is 9.48. The van der Waals surface area contributed by atoms with Gasteiger partial charge in [0.1, 0.15) is 0 Å². The van der Waals surface area contributed by atoms with E-state index in [0.717, 1.165) is 43.2 Å². The molecular formula is C15H26N2. The molecule has 0 unspecified atom stereocenters. The predicted octanol–water partition coefficient (Wildman–Crippen LogP) is 2.31. The highest BCUT2D eigenvalue weighted by Crippen LogP contribution is 2.57. The maximum atomic E-state index is 6.18. The summed E-state index contributed by atoms with van der Waals surface area (Å²) in [6.07, 6.45) is 10.3. The maximum Gasteiger partial charge on any atom is 0.0361 e. The molecule has 4 rings (SSSR count). The van der Waals surface area contributed by atoms with Crippen LogP contribution in [0.4, 0.5) is 0 Å². The number of hydrogen-bond donors (Lipinski definition) is 2. The standard InChI is InChI=1S/C15H26N2/c1-2-3-4-17-15(10-16)13-6-11-5-12(8-13)9-14(15)7-11/h2,11-14,17H,1,3-10,16H2. The smallest absolute Gasteiger partial charge is 0.0361 e. The summed E-state index contributed by atoms with van der Waals surface area (Å²) in [5.41, 5.74) is 6.46. The van der Waals surface area contributed by atoms with Crippen molar-refractivity contribution in [1.29, 1.82) is 0 Å². The van der Waals surface area contributed by atoms with Gasteiger partial charge in [0.2, 0.25) is 0 Å². The van der Waals surface area contributed by atoms with Gasteiger partial charge >= 0.3 is 0 Å². The van der Waals surface area contributed by atoms with Crippen LogP contribution >= 0.6 is 0 Å². The average molecular weight is 234 g/mol. The van der Waals surface area contributed by atoms with Crippen molar-refractivity contribution in [2.24, 2.45) is 29.4 Å². The molecule has 0 radical (unpaired) electrons. The topological polar surface area (TPSA) is 38.0 Å². The largest absolute Gasteiger partial charge is 0.329 e. The van der Waals surface area contributed by atoms with E-state index >= 15 is 0 Å². The van der Waals surface area contributed by atoms with Gasteiger partial charge in [-0.05, 0) is 68.7 Å². The molecule has 17 heavy (non-hydrogen) atoms. The summed E-state index contributed by atoms with van der Waals surface area (Å²) in [6, 6.07) is 0. The Bertz CT molecular complexity index is 269. The van der Waals surface area contributed by atoms with E-state index in [4.69, 9.17) is 5.73 Å². The summed E-state index contributed by atoms with van der Waals surface area (Å²) in [5, 5.41) is 3.83. The molecule has 0 heterocycles. The van der Waals surface area contributed by atoms with Crippen molar-refractivity contribution in [3.8, 4) is 0 Å². The van der Waals surface area contributed by atoms with Crippen LogP contribution in [-0.2, 0) is 0 Å². The van der Waals surface area contributed by atoms with Gasteiger partial charge in [0.15, 0.2) is 0 Å². The summed E-state index contributed by atoms with van der Waals surface area (Å²) >= 11 is 0. The molecule has 4 bridgehead atoms.